The van der Waals surface area contributed by atoms with Crippen molar-refractivity contribution in [3.05, 3.63) is 154 Å². The smallest absolute Gasteiger partial charge is 0.344 e. The van der Waals surface area contributed by atoms with Crippen molar-refractivity contribution in [3.63, 3.8) is 0 Å². The van der Waals surface area contributed by atoms with Crippen molar-refractivity contribution < 1.29 is 8.83 Å². The van der Waals surface area contributed by atoms with Gasteiger partial charge < -0.3 is 8.83 Å². The zero-order valence-corrected chi connectivity index (χ0v) is 22.3. The van der Waals surface area contributed by atoms with E-state index in [4.69, 9.17) is 8.83 Å². The van der Waals surface area contributed by atoms with Crippen molar-refractivity contribution in [2.45, 2.75) is 0 Å². The molecule has 0 unspecified atom stereocenters. The van der Waals surface area contributed by atoms with Crippen LogP contribution in [0, 0.1) is 0 Å². The number of hydrogen-bond donors (Lipinski definition) is 0. The summed E-state index contributed by atoms with van der Waals surface area (Å²) in [6.45, 7) is 0. The van der Waals surface area contributed by atoms with Crippen molar-refractivity contribution >= 4 is 43.5 Å². The molecule has 4 heteroatoms. The van der Waals surface area contributed by atoms with E-state index >= 15 is 0 Å². The molecule has 198 valence electrons. The molecule has 0 saturated heterocycles. The molecule has 8 aromatic rings. The topological polar surface area (TPSA) is 60.4 Å². The van der Waals surface area contributed by atoms with Crippen LogP contribution in [0.4, 0.5) is 0 Å². The molecule has 0 atom stereocenters. The minimum Gasteiger partial charge on any atom is -0.422 e. The molecule has 0 radical (unpaired) electrons. The van der Waals surface area contributed by atoms with Crippen LogP contribution >= 0.6 is 0 Å². The molecule has 0 saturated carbocycles. The maximum Gasteiger partial charge on any atom is 0.344 e. The Kier molecular flexibility index (Phi) is 5.41. The zero-order chi connectivity index (χ0) is 28.2. The van der Waals surface area contributed by atoms with E-state index in [-0.39, 0.29) is 11.3 Å². The van der Waals surface area contributed by atoms with Gasteiger partial charge >= 0.3 is 11.3 Å². The lowest BCUT2D eigenvalue weighted by Gasteiger charge is -2.08. The van der Waals surface area contributed by atoms with Crippen LogP contribution in [0.15, 0.2) is 152 Å². The molecule has 0 amide bonds. The molecule has 0 spiro atoms. The summed E-state index contributed by atoms with van der Waals surface area (Å²) in [7, 11) is 0. The molecule has 42 heavy (non-hydrogen) atoms. The Morgan fingerprint density at radius 1 is 0.357 bits per heavy atom. The highest BCUT2D eigenvalue weighted by molar-refractivity contribution is 6.07. The second-order valence-corrected chi connectivity index (χ2v) is 10.4. The molecular formula is C38H22O4. The predicted octanol–water partition coefficient (Wildman–Crippen LogP) is 9.21. The molecule has 0 aliphatic heterocycles. The first-order chi connectivity index (χ1) is 20.6. The van der Waals surface area contributed by atoms with Crippen LogP contribution < -0.4 is 11.3 Å². The molecule has 2 heterocycles. The average molecular weight is 543 g/mol. The van der Waals surface area contributed by atoms with Gasteiger partial charge in [-0.15, -0.1) is 0 Å². The minimum absolute atomic E-state index is 0.364. The standard InChI is InChI=1S/C38H22O4/c39-37-31(21-33-29-7-3-1-5-25(29)17-19-35(33)41-37)27-13-9-23(10-14-27)24-11-15-28(16-12-24)32-22-34-30-8-4-2-6-26(30)18-20-36(34)42-38(32)40/h1-22H. The van der Waals surface area contributed by atoms with Gasteiger partial charge in [-0.3, -0.25) is 0 Å². The third-order valence-electron chi connectivity index (χ3n) is 8.01. The third-order valence-corrected chi connectivity index (χ3v) is 8.01. The molecule has 0 fully saturated rings. The van der Waals surface area contributed by atoms with Crippen molar-refractivity contribution in [3.8, 4) is 33.4 Å². The van der Waals surface area contributed by atoms with E-state index in [0.29, 0.717) is 22.3 Å². The summed E-state index contributed by atoms with van der Waals surface area (Å²) in [5, 5.41) is 6.11. The monoisotopic (exact) mass is 542 g/mol. The second-order valence-electron chi connectivity index (χ2n) is 10.4. The summed E-state index contributed by atoms with van der Waals surface area (Å²) in [5.41, 5.74) is 5.05. The normalized spacial score (nSPS) is 11.5. The molecule has 2 aromatic heterocycles. The Morgan fingerprint density at radius 3 is 1.17 bits per heavy atom. The highest BCUT2D eigenvalue weighted by Crippen LogP contribution is 2.31. The third kappa shape index (κ3) is 3.93. The maximum atomic E-state index is 12.9. The lowest BCUT2D eigenvalue weighted by Crippen LogP contribution is -2.03. The van der Waals surface area contributed by atoms with E-state index in [9.17, 15) is 9.59 Å². The summed E-state index contributed by atoms with van der Waals surface area (Å²) >= 11 is 0. The van der Waals surface area contributed by atoms with Gasteiger partial charge in [0, 0.05) is 10.8 Å². The van der Waals surface area contributed by atoms with Crippen LogP contribution in [-0.2, 0) is 0 Å². The van der Waals surface area contributed by atoms with E-state index < -0.39 is 0 Å². The van der Waals surface area contributed by atoms with Crippen LogP contribution in [0.25, 0.3) is 76.9 Å². The fourth-order valence-electron chi connectivity index (χ4n) is 5.83. The number of fused-ring (bicyclic) bond motifs is 6. The SMILES string of the molecule is O=c1oc2ccc3ccccc3c2cc1-c1ccc(-c2ccc(-c3cc4c(ccc5ccccc54)oc3=O)cc2)cc1. The zero-order valence-electron chi connectivity index (χ0n) is 22.3. The van der Waals surface area contributed by atoms with E-state index in [2.05, 4.69) is 0 Å². The Labute approximate surface area is 239 Å². The maximum absolute atomic E-state index is 12.9. The first-order valence-corrected chi connectivity index (χ1v) is 13.7. The number of benzene rings is 6. The Morgan fingerprint density at radius 2 is 0.738 bits per heavy atom. The van der Waals surface area contributed by atoms with Gasteiger partial charge in [-0.05, 0) is 68.1 Å². The molecular weight excluding hydrogens is 520 g/mol. The van der Waals surface area contributed by atoms with Crippen LogP contribution in [0.5, 0.6) is 0 Å². The molecule has 0 bridgehead atoms. The molecule has 0 N–H and O–H groups in total. The van der Waals surface area contributed by atoms with Crippen LogP contribution in [0.2, 0.25) is 0 Å². The lowest BCUT2D eigenvalue weighted by molar-refractivity contribution is 0.563. The fraction of sp³-hybridized carbons (Fsp3) is 0. The van der Waals surface area contributed by atoms with Crippen LogP contribution in [-0.4, -0.2) is 0 Å². The van der Waals surface area contributed by atoms with Gasteiger partial charge in [0.1, 0.15) is 11.2 Å². The van der Waals surface area contributed by atoms with E-state index in [1.165, 1.54) is 0 Å². The van der Waals surface area contributed by atoms with Gasteiger partial charge in [0.2, 0.25) is 0 Å². The lowest BCUT2D eigenvalue weighted by atomic mass is 9.97. The van der Waals surface area contributed by atoms with Crippen LogP contribution in [0.1, 0.15) is 0 Å². The number of rotatable bonds is 3. The van der Waals surface area contributed by atoms with Crippen molar-refractivity contribution in [2.24, 2.45) is 0 Å². The van der Waals surface area contributed by atoms with Gasteiger partial charge in [-0.2, -0.15) is 0 Å². The van der Waals surface area contributed by atoms with Gasteiger partial charge in [-0.25, -0.2) is 9.59 Å². The second kappa shape index (κ2) is 9.43. The minimum atomic E-state index is -0.364. The van der Waals surface area contributed by atoms with Gasteiger partial charge in [-0.1, -0.05) is 109 Å². The largest absolute Gasteiger partial charge is 0.422 e. The van der Waals surface area contributed by atoms with Gasteiger partial charge in [0.25, 0.3) is 0 Å². The first-order valence-electron chi connectivity index (χ1n) is 13.7. The van der Waals surface area contributed by atoms with Crippen molar-refractivity contribution in [1.82, 2.24) is 0 Å². The Bertz CT molecular complexity index is 2260. The van der Waals surface area contributed by atoms with Crippen molar-refractivity contribution in [1.29, 1.82) is 0 Å². The van der Waals surface area contributed by atoms with E-state index in [1.54, 1.807) is 0 Å². The van der Waals surface area contributed by atoms with Gasteiger partial charge in [0.15, 0.2) is 0 Å². The highest BCUT2D eigenvalue weighted by Gasteiger charge is 2.13. The summed E-state index contributed by atoms with van der Waals surface area (Å²) in [4.78, 5) is 25.8. The number of hydrogen-bond acceptors (Lipinski definition) is 4. The van der Waals surface area contributed by atoms with Gasteiger partial charge in [0.05, 0.1) is 11.1 Å². The molecule has 8 rings (SSSR count). The molecule has 4 nitrogen and oxygen atoms in total. The van der Waals surface area contributed by atoms with E-state index in [0.717, 1.165) is 54.6 Å². The molecule has 0 aliphatic rings. The Hall–Kier alpha value is -5.74. The Balaban J connectivity index is 1.14. The summed E-state index contributed by atoms with van der Waals surface area (Å²) < 4.78 is 11.4. The summed E-state index contributed by atoms with van der Waals surface area (Å²) in [6.07, 6.45) is 0. The predicted molar refractivity (Wildman–Crippen MR) is 170 cm³/mol. The van der Waals surface area contributed by atoms with E-state index in [1.807, 2.05) is 133 Å². The average Bonchev–Trinajstić information content (AvgIpc) is 3.04. The molecule has 6 aromatic carbocycles. The first kappa shape index (κ1) is 24.1. The van der Waals surface area contributed by atoms with Crippen molar-refractivity contribution in [2.75, 3.05) is 0 Å². The van der Waals surface area contributed by atoms with Crippen LogP contribution in [0.3, 0.4) is 0 Å². The summed E-state index contributed by atoms with van der Waals surface area (Å²) in [5.74, 6) is 0. The fourth-order valence-corrected chi connectivity index (χ4v) is 5.83. The summed E-state index contributed by atoms with van der Waals surface area (Å²) in [6, 6.07) is 43.4. The molecule has 0 aliphatic carbocycles. The highest BCUT2D eigenvalue weighted by atomic mass is 16.4. The quantitative estimate of drug-likeness (QED) is 0.165.